The summed E-state index contributed by atoms with van der Waals surface area (Å²) in [6, 6.07) is 7.91. The fourth-order valence-corrected chi connectivity index (χ4v) is 3.34. The van der Waals surface area contributed by atoms with Crippen LogP contribution >= 0.6 is 0 Å². The number of benzene rings is 1. The topological polar surface area (TPSA) is 46.3 Å². The summed E-state index contributed by atoms with van der Waals surface area (Å²) >= 11 is 0. The summed E-state index contributed by atoms with van der Waals surface area (Å²) in [6.07, 6.45) is 6.87. The monoisotopic (exact) mass is 288 g/mol. The van der Waals surface area contributed by atoms with Gasteiger partial charge in [0.1, 0.15) is 0 Å². The van der Waals surface area contributed by atoms with E-state index in [-0.39, 0.29) is 5.91 Å². The van der Waals surface area contributed by atoms with Gasteiger partial charge in [-0.2, -0.15) is 0 Å². The van der Waals surface area contributed by atoms with Crippen molar-refractivity contribution < 1.29 is 4.79 Å². The zero-order chi connectivity index (χ0) is 15.1. The number of nitrogens with zero attached hydrogens (tertiary/aromatic N) is 1. The second-order valence-corrected chi connectivity index (χ2v) is 6.07. The van der Waals surface area contributed by atoms with Crippen LogP contribution in [0.5, 0.6) is 0 Å². The molecule has 1 amide bonds. The summed E-state index contributed by atoms with van der Waals surface area (Å²) in [4.78, 5) is 14.8. The van der Waals surface area contributed by atoms with E-state index in [0.717, 1.165) is 49.4 Å². The molecule has 1 aliphatic heterocycles. The largest absolute Gasteiger partial charge is 0.339 e. The first-order valence-electron chi connectivity index (χ1n) is 8.33. The predicted molar refractivity (Wildman–Crippen MR) is 87.4 cm³/mol. The normalized spacial score (nSPS) is 19.3. The molecule has 0 spiro atoms. The molecule has 0 radical (unpaired) electrons. The lowest BCUT2D eigenvalue weighted by Crippen LogP contribution is -2.32. The highest BCUT2D eigenvalue weighted by atomic mass is 16.2. The van der Waals surface area contributed by atoms with E-state index in [4.69, 9.17) is 5.73 Å². The highest BCUT2D eigenvalue weighted by molar-refractivity contribution is 5.95. The molecule has 1 saturated heterocycles. The summed E-state index contributed by atoms with van der Waals surface area (Å²) < 4.78 is 0. The van der Waals surface area contributed by atoms with Crippen LogP contribution in [0.4, 0.5) is 0 Å². The number of rotatable bonds is 5. The molecular formula is C18H28N2O. The molecule has 1 atom stereocenters. The zero-order valence-corrected chi connectivity index (χ0v) is 13.2. The molecule has 0 saturated carbocycles. The molecule has 1 unspecified atom stereocenters. The van der Waals surface area contributed by atoms with E-state index in [0.29, 0.717) is 6.54 Å². The molecule has 1 aliphatic rings. The molecule has 1 heterocycles. The Morgan fingerprint density at radius 1 is 1.29 bits per heavy atom. The van der Waals surface area contributed by atoms with Gasteiger partial charge in [-0.1, -0.05) is 38.0 Å². The number of carbonyl (C=O) groups is 1. The van der Waals surface area contributed by atoms with Crippen molar-refractivity contribution in [2.75, 3.05) is 19.6 Å². The lowest BCUT2D eigenvalue weighted by atomic mass is 9.96. The lowest BCUT2D eigenvalue weighted by Gasteiger charge is -2.22. The van der Waals surface area contributed by atoms with Crippen molar-refractivity contribution in [3.05, 3.63) is 35.4 Å². The summed E-state index contributed by atoms with van der Waals surface area (Å²) in [7, 11) is 0. The van der Waals surface area contributed by atoms with Gasteiger partial charge in [-0.25, -0.2) is 0 Å². The molecule has 1 aromatic rings. The Bertz CT molecular complexity index is 458. The van der Waals surface area contributed by atoms with Crippen LogP contribution in [0.3, 0.4) is 0 Å². The quantitative estimate of drug-likeness (QED) is 0.904. The maximum atomic E-state index is 12.8. The van der Waals surface area contributed by atoms with Gasteiger partial charge in [-0.15, -0.1) is 0 Å². The fourth-order valence-electron chi connectivity index (χ4n) is 3.34. The van der Waals surface area contributed by atoms with Gasteiger partial charge in [-0.3, -0.25) is 4.79 Å². The lowest BCUT2D eigenvalue weighted by molar-refractivity contribution is 0.0758. The SMILES string of the molecule is CCCC1CCCN(C(=O)c2ccccc2CCN)CC1. The number of hydrogen-bond donors (Lipinski definition) is 1. The second-order valence-electron chi connectivity index (χ2n) is 6.07. The van der Waals surface area contributed by atoms with E-state index in [1.54, 1.807) is 0 Å². The Morgan fingerprint density at radius 2 is 2.10 bits per heavy atom. The van der Waals surface area contributed by atoms with Gasteiger partial charge in [0.15, 0.2) is 0 Å². The van der Waals surface area contributed by atoms with E-state index in [1.165, 1.54) is 19.3 Å². The first kappa shape index (κ1) is 16.0. The van der Waals surface area contributed by atoms with E-state index >= 15 is 0 Å². The van der Waals surface area contributed by atoms with Crippen molar-refractivity contribution in [2.45, 2.75) is 45.4 Å². The third-order valence-electron chi connectivity index (χ3n) is 4.49. The van der Waals surface area contributed by atoms with E-state index in [1.807, 2.05) is 29.2 Å². The molecule has 2 N–H and O–H groups in total. The van der Waals surface area contributed by atoms with Gasteiger partial charge in [0.25, 0.3) is 5.91 Å². The van der Waals surface area contributed by atoms with Crippen LogP contribution in [0.2, 0.25) is 0 Å². The minimum atomic E-state index is 0.191. The van der Waals surface area contributed by atoms with Gasteiger partial charge in [0.2, 0.25) is 0 Å². The highest BCUT2D eigenvalue weighted by Gasteiger charge is 2.22. The van der Waals surface area contributed by atoms with Crippen LogP contribution in [0, 0.1) is 5.92 Å². The number of hydrogen-bond acceptors (Lipinski definition) is 2. The van der Waals surface area contributed by atoms with Crippen molar-refractivity contribution in [1.29, 1.82) is 0 Å². The standard InChI is InChI=1S/C18H28N2O/c1-2-6-15-7-5-13-20(14-11-15)18(21)17-9-4-3-8-16(17)10-12-19/h3-4,8-9,15H,2,5-7,10-14,19H2,1H3. The summed E-state index contributed by atoms with van der Waals surface area (Å²) in [5, 5.41) is 0. The maximum Gasteiger partial charge on any atom is 0.254 e. The third kappa shape index (κ3) is 4.31. The number of carbonyl (C=O) groups excluding carboxylic acids is 1. The maximum absolute atomic E-state index is 12.8. The average Bonchev–Trinajstić information content (AvgIpc) is 2.74. The van der Waals surface area contributed by atoms with Crippen molar-refractivity contribution in [1.82, 2.24) is 4.90 Å². The zero-order valence-electron chi connectivity index (χ0n) is 13.2. The molecule has 1 aromatic carbocycles. The molecule has 116 valence electrons. The first-order chi connectivity index (χ1) is 10.3. The molecule has 2 rings (SSSR count). The van der Waals surface area contributed by atoms with Crippen LogP contribution in [-0.2, 0) is 6.42 Å². The first-order valence-corrected chi connectivity index (χ1v) is 8.33. The van der Waals surface area contributed by atoms with Crippen LogP contribution in [0.1, 0.15) is 54.9 Å². The van der Waals surface area contributed by atoms with Crippen LogP contribution in [0.25, 0.3) is 0 Å². The Labute approximate surface area is 128 Å². The molecule has 0 aliphatic carbocycles. The van der Waals surface area contributed by atoms with Gasteiger partial charge >= 0.3 is 0 Å². The molecule has 3 nitrogen and oxygen atoms in total. The van der Waals surface area contributed by atoms with Crippen LogP contribution in [0.15, 0.2) is 24.3 Å². The minimum absolute atomic E-state index is 0.191. The smallest absolute Gasteiger partial charge is 0.254 e. The Kier molecular flexibility index (Phi) is 6.24. The fraction of sp³-hybridized carbons (Fsp3) is 0.611. The number of likely N-dealkylation sites (tertiary alicyclic amines) is 1. The third-order valence-corrected chi connectivity index (χ3v) is 4.49. The molecule has 3 heteroatoms. The summed E-state index contributed by atoms with van der Waals surface area (Å²) in [5.41, 5.74) is 7.59. The molecular weight excluding hydrogens is 260 g/mol. The molecule has 21 heavy (non-hydrogen) atoms. The van der Waals surface area contributed by atoms with Crippen molar-refractivity contribution in [3.63, 3.8) is 0 Å². The Morgan fingerprint density at radius 3 is 2.86 bits per heavy atom. The summed E-state index contributed by atoms with van der Waals surface area (Å²) in [6.45, 7) is 4.64. The van der Waals surface area contributed by atoms with Gasteiger partial charge in [-0.05, 0) is 49.8 Å². The van der Waals surface area contributed by atoms with Crippen LogP contribution in [-0.4, -0.2) is 30.4 Å². The van der Waals surface area contributed by atoms with Crippen molar-refractivity contribution >= 4 is 5.91 Å². The molecule has 1 fully saturated rings. The van der Waals surface area contributed by atoms with E-state index in [2.05, 4.69) is 6.92 Å². The number of nitrogens with two attached hydrogens (primary N) is 1. The average molecular weight is 288 g/mol. The van der Waals surface area contributed by atoms with Crippen LogP contribution < -0.4 is 5.73 Å². The van der Waals surface area contributed by atoms with Crippen molar-refractivity contribution in [3.8, 4) is 0 Å². The van der Waals surface area contributed by atoms with Gasteiger partial charge in [0, 0.05) is 18.7 Å². The van der Waals surface area contributed by atoms with Gasteiger partial charge in [0.05, 0.1) is 0 Å². The molecule has 0 aromatic heterocycles. The van der Waals surface area contributed by atoms with E-state index < -0.39 is 0 Å². The predicted octanol–water partition coefficient (Wildman–Crippen LogP) is 3.23. The Balaban J connectivity index is 2.06. The van der Waals surface area contributed by atoms with Gasteiger partial charge < -0.3 is 10.6 Å². The summed E-state index contributed by atoms with van der Waals surface area (Å²) in [5.74, 6) is 0.989. The van der Waals surface area contributed by atoms with Crippen molar-refractivity contribution in [2.24, 2.45) is 11.7 Å². The minimum Gasteiger partial charge on any atom is -0.339 e. The molecule has 0 bridgehead atoms. The highest BCUT2D eigenvalue weighted by Crippen LogP contribution is 2.23. The van der Waals surface area contributed by atoms with E-state index in [9.17, 15) is 4.79 Å². The second kappa shape index (κ2) is 8.18. The number of amides is 1. The Hall–Kier alpha value is -1.35.